The molecule has 82 valence electrons. The minimum absolute atomic E-state index is 0.00216. The van der Waals surface area contributed by atoms with E-state index in [1.165, 1.54) is 24.4 Å². The maximum atomic E-state index is 13.1. The third-order valence-electron chi connectivity index (χ3n) is 1.84. The standard InChI is InChI=1S/C10H6ClFN2O2/c11-7-2-1-6(5-8(7)12)14-10(15)9-3-4-13-16-9/h1-5H,(H,14,15). The minimum atomic E-state index is -0.600. The lowest BCUT2D eigenvalue weighted by Gasteiger charge is -2.03. The van der Waals surface area contributed by atoms with Gasteiger partial charge in [-0.2, -0.15) is 0 Å². The summed E-state index contributed by atoms with van der Waals surface area (Å²) in [5.74, 6) is -1.05. The molecule has 0 spiro atoms. The Kier molecular flexibility index (Phi) is 2.87. The average Bonchev–Trinajstić information content (AvgIpc) is 2.77. The highest BCUT2D eigenvalue weighted by molar-refractivity contribution is 6.30. The molecule has 6 heteroatoms. The minimum Gasteiger partial charge on any atom is -0.351 e. The van der Waals surface area contributed by atoms with Gasteiger partial charge in [-0.05, 0) is 18.2 Å². The molecular formula is C10H6ClFN2O2. The van der Waals surface area contributed by atoms with Gasteiger partial charge in [0.15, 0.2) is 0 Å². The summed E-state index contributed by atoms with van der Waals surface area (Å²) in [5.41, 5.74) is 0.295. The highest BCUT2D eigenvalue weighted by Gasteiger charge is 2.10. The summed E-state index contributed by atoms with van der Waals surface area (Å²) in [6.07, 6.45) is 1.34. The monoisotopic (exact) mass is 240 g/mol. The smallest absolute Gasteiger partial charge is 0.294 e. The summed E-state index contributed by atoms with van der Waals surface area (Å²) in [4.78, 5) is 11.5. The molecule has 2 rings (SSSR count). The second kappa shape index (κ2) is 4.32. The lowest BCUT2D eigenvalue weighted by molar-refractivity contribution is 0.0988. The lowest BCUT2D eigenvalue weighted by atomic mass is 10.3. The van der Waals surface area contributed by atoms with Gasteiger partial charge in [-0.15, -0.1) is 0 Å². The van der Waals surface area contributed by atoms with Crippen molar-refractivity contribution in [1.29, 1.82) is 0 Å². The van der Waals surface area contributed by atoms with Crippen LogP contribution in [-0.4, -0.2) is 11.1 Å². The van der Waals surface area contributed by atoms with Crippen LogP contribution in [0.1, 0.15) is 10.6 Å². The second-order valence-electron chi connectivity index (χ2n) is 2.96. The molecule has 4 nitrogen and oxygen atoms in total. The van der Waals surface area contributed by atoms with E-state index >= 15 is 0 Å². The summed E-state index contributed by atoms with van der Waals surface area (Å²) in [5, 5.41) is 5.82. The Morgan fingerprint density at radius 2 is 2.25 bits per heavy atom. The van der Waals surface area contributed by atoms with Gasteiger partial charge in [-0.1, -0.05) is 16.8 Å². The van der Waals surface area contributed by atoms with Gasteiger partial charge in [-0.3, -0.25) is 4.79 Å². The molecule has 2 aromatic rings. The fraction of sp³-hybridized carbons (Fsp3) is 0. The van der Waals surface area contributed by atoms with Crippen LogP contribution in [0.2, 0.25) is 5.02 Å². The predicted molar refractivity (Wildman–Crippen MR) is 55.9 cm³/mol. The highest BCUT2D eigenvalue weighted by Crippen LogP contribution is 2.19. The first-order chi connectivity index (χ1) is 7.66. The molecule has 0 aliphatic heterocycles. The number of anilines is 1. The van der Waals surface area contributed by atoms with Crippen molar-refractivity contribution in [2.75, 3.05) is 5.32 Å². The molecule has 0 atom stereocenters. The summed E-state index contributed by atoms with van der Waals surface area (Å²) in [6.45, 7) is 0. The van der Waals surface area contributed by atoms with Crippen molar-refractivity contribution >= 4 is 23.2 Å². The number of rotatable bonds is 2. The third kappa shape index (κ3) is 2.20. The Hall–Kier alpha value is -1.88. The zero-order valence-corrected chi connectivity index (χ0v) is 8.66. The van der Waals surface area contributed by atoms with Crippen molar-refractivity contribution < 1.29 is 13.7 Å². The molecule has 0 aliphatic rings. The van der Waals surface area contributed by atoms with Gasteiger partial charge >= 0.3 is 0 Å². The van der Waals surface area contributed by atoms with E-state index in [-0.39, 0.29) is 10.8 Å². The second-order valence-corrected chi connectivity index (χ2v) is 3.37. The van der Waals surface area contributed by atoms with Crippen LogP contribution in [0, 0.1) is 5.82 Å². The number of carbonyl (C=O) groups excluding carboxylic acids is 1. The van der Waals surface area contributed by atoms with Crippen LogP contribution in [-0.2, 0) is 0 Å². The molecule has 0 unspecified atom stereocenters. The number of benzene rings is 1. The lowest BCUT2D eigenvalue weighted by Crippen LogP contribution is -2.10. The van der Waals surface area contributed by atoms with E-state index < -0.39 is 11.7 Å². The van der Waals surface area contributed by atoms with Gasteiger partial charge in [0, 0.05) is 11.8 Å². The van der Waals surface area contributed by atoms with E-state index in [0.29, 0.717) is 5.69 Å². The van der Waals surface area contributed by atoms with Crippen molar-refractivity contribution in [2.45, 2.75) is 0 Å². The fourth-order valence-electron chi connectivity index (χ4n) is 1.10. The van der Waals surface area contributed by atoms with Gasteiger partial charge in [0.1, 0.15) is 5.82 Å². The Bertz CT molecular complexity index is 514. The van der Waals surface area contributed by atoms with Crippen LogP contribution in [0.5, 0.6) is 0 Å². The number of nitrogens with zero attached hydrogens (tertiary/aromatic N) is 1. The first-order valence-corrected chi connectivity index (χ1v) is 4.71. The molecule has 0 saturated carbocycles. The summed E-state index contributed by atoms with van der Waals surface area (Å²) >= 11 is 5.50. The number of hydrogen-bond acceptors (Lipinski definition) is 3. The molecule has 0 radical (unpaired) electrons. The molecule has 0 bridgehead atoms. The molecule has 1 aromatic carbocycles. The number of amides is 1. The molecule has 1 heterocycles. The Morgan fingerprint density at radius 1 is 1.44 bits per heavy atom. The Balaban J connectivity index is 2.15. The number of aromatic nitrogens is 1. The molecule has 1 aromatic heterocycles. The number of carbonyl (C=O) groups is 1. The zero-order valence-electron chi connectivity index (χ0n) is 7.91. The van der Waals surface area contributed by atoms with E-state index in [1.807, 2.05) is 0 Å². The Labute approximate surface area is 95.0 Å². The first-order valence-electron chi connectivity index (χ1n) is 4.34. The first kappa shape index (κ1) is 10.6. The summed E-state index contributed by atoms with van der Waals surface area (Å²) in [6, 6.07) is 5.37. The van der Waals surface area contributed by atoms with Crippen LogP contribution < -0.4 is 5.32 Å². The van der Waals surface area contributed by atoms with Gasteiger partial charge < -0.3 is 9.84 Å². The summed E-state index contributed by atoms with van der Waals surface area (Å²) < 4.78 is 17.7. The van der Waals surface area contributed by atoms with E-state index in [1.54, 1.807) is 0 Å². The predicted octanol–water partition coefficient (Wildman–Crippen LogP) is 2.72. The largest absolute Gasteiger partial charge is 0.351 e. The van der Waals surface area contributed by atoms with Crippen molar-refractivity contribution in [2.24, 2.45) is 0 Å². The van der Waals surface area contributed by atoms with Gasteiger partial charge in [0.05, 0.1) is 11.2 Å². The maximum Gasteiger partial charge on any atom is 0.294 e. The van der Waals surface area contributed by atoms with Crippen molar-refractivity contribution in [3.8, 4) is 0 Å². The normalized spacial score (nSPS) is 10.1. The fourth-order valence-corrected chi connectivity index (χ4v) is 1.22. The molecule has 0 fully saturated rings. The molecule has 0 saturated heterocycles. The Morgan fingerprint density at radius 3 is 2.88 bits per heavy atom. The average molecular weight is 241 g/mol. The van der Waals surface area contributed by atoms with E-state index in [9.17, 15) is 9.18 Å². The van der Waals surface area contributed by atoms with Crippen molar-refractivity contribution in [3.05, 3.63) is 47.1 Å². The van der Waals surface area contributed by atoms with Crippen molar-refractivity contribution in [3.63, 3.8) is 0 Å². The van der Waals surface area contributed by atoms with Gasteiger partial charge in [0.25, 0.3) is 5.91 Å². The van der Waals surface area contributed by atoms with Crippen molar-refractivity contribution in [1.82, 2.24) is 5.16 Å². The number of nitrogens with one attached hydrogen (secondary N) is 1. The van der Waals surface area contributed by atoms with Crippen LogP contribution in [0.25, 0.3) is 0 Å². The zero-order chi connectivity index (χ0) is 11.5. The number of hydrogen-bond donors (Lipinski definition) is 1. The SMILES string of the molecule is O=C(Nc1ccc(Cl)c(F)c1)c1ccno1. The molecule has 1 amide bonds. The van der Waals surface area contributed by atoms with Gasteiger partial charge in [0.2, 0.25) is 5.76 Å². The van der Waals surface area contributed by atoms with E-state index in [0.717, 1.165) is 6.07 Å². The van der Waals surface area contributed by atoms with E-state index in [4.69, 9.17) is 11.6 Å². The van der Waals surface area contributed by atoms with Crippen LogP contribution >= 0.6 is 11.6 Å². The summed E-state index contributed by atoms with van der Waals surface area (Å²) in [7, 11) is 0. The maximum absolute atomic E-state index is 13.1. The molecule has 16 heavy (non-hydrogen) atoms. The third-order valence-corrected chi connectivity index (χ3v) is 2.15. The molecule has 0 aliphatic carbocycles. The number of halogens is 2. The van der Waals surface area contributed by atoms with Crippen LogP contribution in [0.4, 0.5) is 10.1 Å². The van der Waals surface area contributed by atoms with Crippen LogP contribution in [0.15, 0.2) is 35.0 Å². The molecular weight excluding hydrogens is 235 g/mol. The quantitative estimate of drug-likeness (QED) is 0.878. The molecule has 1 N–H and O–H groups in total. The van der Waals surface area contributed by atoms with Crippen LogP contribution in [0.3, 0.4) is 0 Å². The van der Waals surface area contributed by atoms with E-state index in [2.05, 4.69) is 15.0 Å². The van der Waals surface area contributed by atoms with Gasteiger partial charge in [-0.25, -0.2) is 4.39 Å². The highest BCUT2D eigenvalue weighted by atomic mass is 35.5. The topological polar surface area (TPSA) is 55.1 Å².